The Labute approximate surface area is 274 Å². The van der Waals surface area contributed by atoms with Crippen LogP contribution in [0.25, 0.3) is 0 Å². The Hall–Kier alpha value is -3.93. The molecule has 2 aromatic heterocycles. The van der Waals surface area contributed by atoms with Gasteiger partial charge in [-0.25, -0.2) is 35.9 Å². The highest BCUT2D eigenvalue weighted by molar-refractivity contribution is 7.99. The molecule has 1 saturated heterocycles. The van der Waals surface area contributed by atoms with Gasteiger partial charge in [0.05, 0.1) is 22.7 Å². The fourth-order valence-corrected chi connectivity index (χ4v) is 7.04. The number of halogens is 4. The second kappa shape index (κ2) is 14.5. The van der Waals surface area contributed by atoms with Crippen LogP contribution in [0.1, 0.15) is 11.3 Å². The van der Waals surface area contributed by atoms with Gasteiger partial charge < -0.3 is 19.9 Å². The van der Waals surface area contributed by atoms with E-state index in [-0.39, 0.29) is 10.1 Å². The fraction of sp³-hybridized carbons (Fsp3) is 0.367. The van der Waals surface area contributed by atoms with Crippen LogP contribution >= 0.6 is 11.8 Å². The molecule has 47 heavy (non-hydrogen) atoms. The van der Waals surface area contributed by atoms with Crippen molar-refractivity contribution >= 4 is 39.1 Å². The van der Waals surface area contributed by atoms with E-state index in [1.165, 1.54) is 13.2 Å². The monoisotopic (exact) mass is 694 g/mol. The number of nitrogens with one attached hydrogen (secondary N) is 2. The Bertz CT molecular complexity index is 1850. The van der Waals surface area contributed by atoms with Gasteiger partial charge in [0.15, 0.2) is 44.1 Å². The van der Waals surface area contributed by atoms with Crippen molar-refractivity contribution in [3.63, 3.8) is 0 Å². The first-order chi connectivity index (χ1) is 22.3. The lowest BCUT2D eigenvalue weighted by Crippen LogP contribution is -2.48. The normalized spacial score (nSPS) is 14.2. The van der Waals surface area contributed by atoms with Crippen LogP contribution in [-0.4, -0.2) is 98.9 Å². The Morgan fingerprint density at radius 2 is 1.72 bits per heavy atom. The van der Waals surface area contributed by atoms with Crippen LogP contribution in [0, 0.1) is 30.2 Å². The number of aryl methyl sites for hydroxylation is 1. The minimum atomic E-state index is -4.45. The third kappa shape index (κ3) is 8.14. The molecule has 3 heterocycles. The van der Waals surface area contributed by atoms with Crippen molar-refractivity contribution in [1.82, 2.24) is 30.0 Å². The lowest BCUT2D eigenvalue weighted by molar-refractivity contribution is 0.228. The SMILES string of the molecule is COc1c(Nc2cc(C)[nH]n2)nc(Sc2ccc(S(=O)(=O)Cc3c(F)ccc(F)c3F)cc2F)nc1N1CCN(CCN(C)C)CC1. The molecule has 1 aliphatic rings. The maximum absolute atomic E-state index is 15.4. The van der Waals surface area contributed by atoms with E-state index < -0.39 is 49.3 Å². The Morgan fingerprint density at radius 1 is 1.00 bits per heavy atom. The Kier molecular flexibility index (Phi) is 10.6. The van der Waals surface area contributed by atoms with Gasteiger partial charge >= 0.3 is 0 Å². The van der Waals surface area contributed by atoms with E-state index >= 15 is 4.39 Å². The van der Waals surface area contributed by atoms with Crippen molar-refractivity contribution in [3.8, 4) is 5.75 Å². The van der Waals surface area contributed by atoms with Crippen molar-refractivity contribution in [3.05, 3.63) is 70.9 Å². The van der Waals surface area contributed by atoms with E-state index in [1.807, 2.05) is 21.0 Å². The first-order valence-electron chi connectivity index (χ1n) is 14.5. The van der Waals surface area contributed by atoms with Crippen LogP contribution in [-0.2, 0) is 15.6 Å². The number of benzene rings is 2. The number of sulfone groups is 1. The minimum Gasteiger partial charge on any atom is -0.490 e. The lowest BCUT2D eigenvalue weighted by atomic mass is 10.2. The standard InChI is InChI=1S/C30H34F4N8O3S2/c1-18-15-25(39-38-18)35-28-27(45-4)29(42-13-11-41(12-14-42)10-9-40(2)3)37-30(36-28)46-24-8-5-19(16-23(24)33)47(43,44)17-20-21(31)6-7-22(32)26(20)34/h5-8,15-16H,9-14,17H2,1-4H3,(H2,35,36,37,38,39). The molecule has 0 spiro atoms. The van der Waals surface area contributed by atoms with E-state index in [9.17, 15) is 21.6 Å². The van der Waals surface area contributed by atoms with E-state index in [4.69, 9.17) is 9.72 Å². The van der Waals surface area contributed by atoms with Gasteiger partial charge in [-0.15, -0.1) is 0 Å². The highest BCUT2D eigenvalue weighted by Crippen LogP contribution is 2.39. The van der Waals surface area contributed by atoms with Crippen LogP contribution in [0.3, 0.4) is 0 Å². The molecule has 2 aromatic carbocycles. The summed E-state index contributed by atoms with van der Waals surface area (Å²) < 4.78 is 89.1. The van der Waals surface area contributed by atoms with Gasteiger partial charge in [-0.3, -0.25) is 10.00 Å². The molecule has 5 rings (SSSR count). The molecule has 2 N–H and O–H groups in total. The van der Waals surface area contributed by atoms with Gasteiger partial charge in [0, 0.05) is 56.6 Å². The zero-order chi connectivity index (χ0) is 33.9. The van der Waals surface area contributed by atoms with E-state index in [1.54, 1.807) is 6.07 Å². The fourth-order valence-electron chi connectivity index (χ4n) is 4.91. The van der Waals surface area contributed by atoms with E-state index in [0.29, 0.717) is 48.4 Å². The number of rotatable bonds is 12. The van der Waals surface area contributed by atoms with E-state index in [0.717, 1.165) is 55.8 Å². The molecule has 0 amide bonds. The summed E-state index contributed by atoms with van der Waals surface area (Å²) in [5.74, 6) is -4.72. The molecule has 17 heteroatoms. The summed E-state index contributed by atoms with van der Waals surface area (Å²) in [4.78, 5) is 15.3. The number of likely N-dealkylation sites (N-methyl/N-ethyl adjacent to an activating group) is 1. The third-order valence-corrected chi connectivity index (χ3v) is 10.0. The number of nitrogens with zero attached hydrogens (tertiary/aromatic N) is 6. The molecule has 0 aliphatic carbocycles. The Balaban J connectivity index is 1.43. The number of aromatic nitrogens is 4. The highest BCUT2D eigenvalue weighted by atomic mass is 32.2. The molecule has 252 valence electrons. The van der Waals surface area contributed by atoms with Gasteiger partial charge in [0.1, 0.15) is 11.6 Å². The van der Waals surface area contributed by atoms with Gasteiger partial charge in [0.25, 0.3) is 0 Å². The van der Waals surface area contributed by atoms with Gasteiger partial charge in [-0.2, -0.15) is 5.10 Å². The molecular formula is C30H34F4N8O3S2. The predicted octanol–water partition coefficient (Wildman–Crippen LogP) is 4.63. The lowest BCUT2D eigenvalue weighted by Gasteiger charge is -2.36. The Morgan fingerprint density at radius 3 is 2.36 bits per heavy atom. The van der Waals surface area contributed by atoms with Crippen LogP contribution in [0.5, 0.6) is 5.75 Å². The molecule has 0 atom stereocenters. The van der Waals surface area contributed by atoms with Gasteiger partial charge in [0.2, 0.25) is 5.75 Å². The molecule has 0 bridgehead atoms. The maximum atomic E-state index is 15.4. The summed E-state index contributed by atoms with van der Waals surface area (Å²) in [5.41, 5.74) is -0.155. The number of hydrogen-bond donors (Lipinski definition) is 2. The molecule has 1 aliphatic heterocycles. The zero-order valence-electron chi connectivity index (χ0n) is 26.2. The first kappa shape index (κ1) is 34.4. The molecule has 0 unspecified atom stereocenters. The van der Waals surface area contributed by atoms with Gasteiger partial charge in [-0.05, 0) is 63.1 Å². The van der Waals surface area contributed by atoms with Crippen LogP contribution in [0.2, 0.25) is 0 Å². The zero-order valence-corrected chi connectivity index (χ0v) is 27.8. The van der Waals surface area contributed by atoms with Crippen molar-refractivity contribution < 1.29 is 30.7 Å². The van der Waals surface area contributed by atoms with Crippen LogP contribution in [0.15, 0.2) is 51.3 Å². The van der Waals surface area contributed by atoms with E-state index in [2.05, 4.69) is 35.2 Å². The molecule has 0 radical (unpaired) electrons. The average molecular weight is 695 g/mol. The molecule has 11 nitrogen and oxygen atoms in total. The predicted molar refractivity (Wildman–Crippen MR) is 170 cm³/mol. The van der Waals surface area contributed by atoms with Crippen LogP contribution < -0.4 is 15.0 Å². The molecule has 4 aromatic rings. The third-order valence-electron chi connectivity index (χ3n) is 7.46. The number of anilines is 3. The number of hydrogen-bond acceptors (Lipinski definition) is 11. The number of aromatic amines is 1. The second-order valence-corrected chi connectivity index (χ2v) is 14.2. The highest BCUT2D eigenvalue weighted by Gasteiger charge is 2.27. The van der Waals surface area contributed by atoms with Crippen molar-refractivity contribution in [2.75, 3.05) is 70.7 Å². The summed E-state index contributed by atoms with van der Waals surface area (Å²) >= 11 is 0.856. The van der Waals surface area contributed by atoms with Crippen LogP contribution in [0.4, 0.5) is 35.0 Å². The van der Waals surface area contributed by atoms with Crippen molar-refractivity contribution in [2.45, 2.75) is 27.6 Å². The summed E-state index contributed by atoms with van der Waals surface area (Å²) in [6.07, 6.45) is 0. The number of ether oxygens (including phenoxy) is 1. The minimum absolute atomic E-state index is 0.00162. The average Bonchev–Trinajstić information content (AvgIpc) is 3.45. The molecule has 0 saturated carbocycles. The summed E-state index contributed by atoms with van der Waals surface area (Å²) in [6.45, 7) is 6.58. The summed E-state index contributed by atoms with van der Waals surface area (Å²) in [7, 11) is 1.11. The largest absolute Gasteiger partial charge is 0.490 e. The topological polar surface area (TPSA) is 120 Å². The first-order valence-corrected chi connectivity index (χ1v) is 17.0. The number of methoxy groups -OCH3 is 1. The van der Waals surface area contributed by atoms with Gasteiger partial charge in [-0.1, -0.05) is 0 Å². The second-order valence-electron chi connectivity index (χ2n) is 11.2. The van der Waals surface area contributed by atoms with Crippen molar-refractivity contribution in [2.24, 2.45) is 0 Å². The number of piperazine rings is 1. The molecular weight excluding hydrogens is 661 g/mol. The quantitative estimate of drug-likeness (QED) is 0.123. The molecule has 1 fully saturated rings. The smallest absolute Gasteiger partial charge is 0.204 e. The summed E-state index contributed by atoms with van der Waals surface area (Å²) in [6, 6.07) is 6.04. The van der Waals surface area contributed by atoms with Crippen molar-refractivity contribution in [1.29, 1.82) is 0 Å². The maximum Gasteiger partial charge on any atom is 0.204 e. The summed E-state index contributed by atoms with van der Waals surface area (Å²) in [5, 5.41) is 10.3. The number of H-pyrrole nitrogens is 1.